The van der Waals surface area contributed by atoms with Crippen LogP contribution in [0.3, 0.4) is 0 Å². The van der Waals surface area contributed by atoms with Gasteiger partial charge >= 0.3 is 0 Å². The molecule has 0 aromatic heterocycles. The Labute approximate surface area is 101 Å². The van der Waals surface area contributed by atoms with Crippen molar-refractivity contribution in [1.29, 1.82) is 0 Å². The fourth-order valence-corrected chi connectivity index (χ4v) is 2.17. The molecular formula is C9H20N2O3S2. The van der Waals surface area contributed by atoms with Crippen LogP contribution in [0.4, 0.5) is 0 Å². The molecule has 7 heteroatoms. The second-order valence-electron chi connectivity index (χ2n) is 3.42. The Hall–Kier alpha value is -0.270. The highest BCUT2D eigenvalue weighted by atomic mass is 32.2. The number of carbonyl (C=O) groups excluding carboxylic acids is 1. The number of rotatable bonds is 8. The van der Waals surface area contributed by atoms with E-state index in [2.05, 4.69) is 5.32 Å². The molecular weight excluding hydrogens is 248 g/mol. The summed E-state index contributed by atoms with van der Waals surface area (Å²) in [4.78, 5) is 11.4. The molecule has 0 saturated heterocycles. The average Bonchev–Trinajstić information content (AvgIpc) is 2.25. The zero-order valence-corrected chi connectivity index (χ0v) is 11.4. The van der Waals surface area contributed by atoms with Gasteiger partial charge in [-0.1, -0.05) is 6.92 Å². The molecule has 0 aromatic rings. The van der Waals surface area contributed by atoms with Crippen molar-refractivity contribution in [3.05, 3.63) is 0 Å². The van der Waals surface area contributed by atoms with Crippen molar-refractivity contribution >= 4 is 27.5 Å². The number of amides is 1. The van der Waals surface area contributed by atoms with Crippen molar-refractivity contribution in [3.8, 4) is 0 Å². The van der Waals surface area contributed by atoms with Gasteiger partial charge in [0.25, 0.3) is 0 Å². The Bertz CT molecular complexity index is 304. The van der Waals surface area contributed by atoms with Crippen molar-refractivity contribution in [2.45, 2.75) is 19.4 Å². The quantitative estimate of drug-likeness (QED) is 0.626. The molecule has 3 N–H and O–H groups in total. The molecule has 0 heterocycles. The third kappa shape index (κ3) is 7.08. The molecule has 1 amide bonds. The number of nitrogens with two attached hydrogens (primary N) is 1. The summed E-state index contributed by atoms with van der Waals surface area (Å²) in [6.07, 6.45) is 2.55. The lowest BCUT2D eigenvalue weighted by Gasteiger charge is -2.11. The zero-order valence-electron chi connectivity index (χ0n) is 9.73. The van der Waals surface area contributed by atoms with Crippen molar-refractivity contribution in [3.63, 3.8) is 0 Å². The molecule has 16 heavy (non-hydrogen) atoms. The molecule has 0 fully saturated rings. The van der Waals surface area contributed by atoms with Gasteiger partial charge < -0.3 is 11.1 Å². The van der Waals surface area contributed by atoms with Gasteiger partial charge in [0, 0.05) is 12.3 Å². The van der Waals surface area contributed by atoms with Crippen LogP contribution in [0, 0.1) is 0 Å². The Morgan fingerprint density at radius 1 is 1.50 bits per heavy atom. The van der Waals surface area contributed by atoms with Gasteiger partial charge in [-0.2, -0.15) is 11.8 Å². The SMILES string of the molecule is CCS(=O)(=O)CCNC(=O)[C@@H](N)CCSC. The third-order valence-corrected chi connectivity index (χ3v) is 4.47. The first-order chi connectivity index (χ1) is 7.43. The lowest BCUT2D eigenvalue weighted by Crippen LogP contribution is -2.42. The maximum absolute atomic E-state index is 11.4. The molecule has 0 bridgehead atoms. The molecule has 0 saturated carbocycles. The van der Waals surface area contributed by atoms with Gasteiger partial charge in [-0.15, -0.1) is 0 Å². The first-order valence-electron chi connectivity index (χ1n) is 5.15. The highest BCUT2D eigenvalue weighted by Crippen LogP contribution is 1.98. The molecule has 5 nitrogen and oxygen atoms in total. The van der Waals surface area contributed by atoms with E-state index >= 15 is 0 Å². The fourth-order valence-electron chi connectivity index (χ4n) is 0.981. The normalized spacial score (nSPS) is 13.4. The molecule has 0 unspecified atom stereocenters. The minimum atomic E-state index is -3.02. The van der Waals surface area contributed by atoms with Crippen LogP contribution in [0.15, 0.2) is 0 Å². The van der Waals surface area contributed by atoms with Crippen LogP contribution in [0.2, 0.25) is 0 Å². The summed E-state index contributed by atoms with van der Waals surface area (Å²) < 4.78 is 22.3. The highest BCUT2D eigenvalue weighted by Gasteiger charge is 2.13. The van der Waals surface area contributed by atoms with Crippen molar-refractivity contribution in [2.75, 3.05) is 30.1 Å². The summed E-state index contributed by atoms with van der Waals surface area (Å²) in [5.41, 5.74) is 5.61. The number of carbonyl (C=O) groups is 1. The molecule has 96 valence electrons. The first kappa shape index (κ1) is 15.7. The smallest absolute Gasteiger partial charge is 0.236 e. The Morgan fingerprint density at radius 2 is 2.12 bits per heavy atom. The second kappa shape index (κ2) is 7.92. The van der Waals surface area contributed by atoms with E-state index < -0.39 is 15.9 Å². The fraction of sp³-hybridized carbons (Fsp3) is 0.889. The van der Waals surface area contributed by atoms with Gasteiger partial charge in [0.2, 0.25) is 5.91 Å². The van der Waals surface area contributed by atoms with Crippen LogP contribution in [0.5, 0.6) is 0 Å². The highest BCUT2D eigenvalue weighted by molar-refractivity contribution is 7.98. The van der Waals surface area contributed by atoms with Crippen molar-refractivity contribution in [2.24, 2.45) is 5.73 Å². The molecule has 0 aliphatic heterocycles. The summed E-state index contributed by atoms with van der Waals surface area (Å²) in [5.74, 6) is 0.619. The number of thioether (sulfide) groups is 1. The molecule has 0 radical (unpaired) electrons. The monoisotopic (exact) mass is 268 g/mol. The number of hydrogen-bond donors (Lipinski definition) is 2. The van der Waals surface area contributed by atoms with E-state index in [4.69, 9.17) is 5.73 Å². The number of sulfone groups is 1. The standard InChI is InChI=1S/C9H20N2O3S2/c1-3-16(13,14)7-5-11-9(12)8(10)4-6-15-2/h8H,3-7,10H2,1-2H3,(H,11,12)/t8-/m0/s1. The van der Waals surface area contributed by atoms with E-state index in [0.29, 0.717) is 6.42 Å². The largest absolute Gasteiger partial charge is 0.354 e. The summed E-state index contributed by atoms with van der Waals surface area (Å²) in [6, 6.07) is -0.545. The first-order valence-corrected chi connectivity index (χ1v) is 8.37. The maximum Gasteiger partial charge on any atom is 0.236 e. The lowest BCUT2D eigenvalue weighted by molar-refractivity contribution is -0.122. The van der Waals surface area contributed by atoms with Crippen LogP contribution in [0.1, 0.15) is 13.3 Å². The summed E-state index contributed by atoms with van der Waals surface area (Å²) >= 11 is 1.62. The van der Waals surface area contributed by atoms with Crippen molar-refractivity contribution < 1.29 is 13.2 Å². The van der Waals surface area contributed by atoms with Crippen LogP contribution in [0.25, 0.3) is 0 Å². The van der Waals surface area contributed by atoms with Crippen LogP contribution in [-0.2, 0) is 14.6 Å². The van der Waals surface area contributed by atoms with Crippen molar-refractivity contribution in [1.82, 2.24) is 5.32 Å². The van der Waals surface area contributed by atoms with Gasteiger partial charge in [-0.05, 0) is 18.4 Å². The van der Waals surface area contributed by atoms with E-state index in [-0.39, 0.29) is 24.0 Å². The molecule has 0 aromatic carbocycles. The van der Waals surface area contributed by atoms with Gasteiger partial charge in [0.1, 0.15) is 0 Å². The molecule has 0 aliphatic rings. The number of nitrogens with one attached hydrogen (secondary N) is 1. The topological polar surface area (TPSA) is 89.3 Å². The van der Waals surface area contributed by atoms with E-state index in [1.165, 1.54) is 0 Å². The third-order valence-electron chi connectivity index (χ3n) is 2.12. The van der Waals surface area contributed by atoms with Crippen LogP contribution < -0.4 is 11.1 Å². The molecule has 0 spiro atoms. The Morgan fingerprint density at radius 3 is 2.62 bits per heavy atom. The van der Waals surface area contributed by atoms with E-state index in [0.717, 1.165) is 5.75 Å². The molecule has 1 atom stereocenters. The van der Waals surface area contributed by atoms with Gasteiger partial charge in [0.15, 0.2) is 9.84 Å². The second-order valence-corrected chi connectivity index (χ2v) is 6.87. The van der Waals surface area contributed by atoms with E-state index in [1.54, 1.807) is 18.7 Å². The minimum absolute atomic E-state index is 0.0233. The average molecular weight is 268 g/mol. The summed E-state index contributed by atoms with van der Waals surface area (Å²) in [6.45, 7) is 1.73. The number of hydrogen-bond acceptors (Lipinski definition) is 5. The lowest BCUT2D eigenvalue weighted by atomic mass is 10.2. The molecule has 0 aliphatic carbocycles. The zero-order chi connectivity index (χ0) is 12.6. The predicted octanol–water partition coefficient (Wildman–Crippen LogP) is -0.382. The van der Waals surface area contributed by atoms with Gasteiger partial charge in [-0.25, -0.2) is 8.42 Å². The predicted molar refractivity (Wildman–Crippen MR) is 68.3 cm³/mol. The summed E-state index contributed by atoms with van der Waals surface area (Å²) in [7, 11) is -3.02. The van der Waals surface area contributed by atoms with Crippen LogP contribution >= 0.6 is 11.8 Å². The Kier molecular flexibility index (Phi) is 7.78. The van der Waals surface area contributed by atoms with Gasteiger partial charge in [-0.3, -0.25) is 4.79 Å². The minimum Gasteiger partial charge on any atom is -0.354 e. The van der Waals surface area contributed by atoms with E-state index in [1.807, 2.05) is 6.26 Å². The summed E-state index contributed by atoms with van der Waals surface area (Å²) in [5, 5.41) is 2.53. The van der Waals surface area contributed by atoms with Gasteiger partial charge in [0.05, 0.1) is 11.8 Å². The Balaban J connectivity index is 3.81. The maximum atomic E-state index is 11.4. The molecule has 0 rings (SSSR count). The van der Waals surface area contributed by atoms with Crippen LogP contribution in [-0.4, -0.2) is 50.4 Å². The van der Waals surface area contributed by atoms with E-state index in [9.17, 15) is 13.2 Å².